The van der Waals surface area contributed by atoms with Gasteiger partial charge in [0, 0.05) is 16.6 Å². The first-order valence-electron chi connectivity index (χ1n) is 4.27. The third-order valence-corrected chi connectivity index (χ3v) is 2.03. The lowest BCUT2D eigenvalue weighted by Gasteiger charge is -2.09. The zero-order valence-electron chi connectivity index (χ0n) is 8.04. The van der Waals surface area contributed by atoms with Crippen molar-refractivity contribution in [2.24, 2.45) is 5.92 Å². The summed E-state index contributed by atoms with van der Waals surface area (Å²) in [5, 5.41) is 0. The van der Waals surface area contributed by atoms with Crippen molar-refractivity contribution in [1.29, 1.82) is 0 Å². The first-order valence-corrected chi connectivity index (χ1v) is 5.06. The highest BCUT2D eigenvalue weighted by atomic mass is 79.9. The number of pyridine rings is 1. The molecule has 1 aromatic rings. The van der Waals surface area contributed by atoms with Gasteiger partial charge in [-0.25, -0.2) is 4.98 Å². The van der Waals surface area contributed by atoms with E-state index in [9.17, 15) is 4.79 Å². The van der Waals surface area contributed by atoms with Gasteiger partial charge in [0.15, 0.2) is 0 Å². The number of hydrogen-bond acceptors (Lipinski definition) is 3. The molecule has 0 aliphatic carbocycles. The molecule has 5 heteroatoms. The first kappa shape index (κ1) is 11.0. The average Bonchev–Trinajstić information content (AvgIpc) is 2.16. The summed E-state index contributed by atoms with van der Waals surface area (Å²) >= 11 is 3.27. The van der Waals surface area contributed by atoms with Crippen LogP contribution in [0, 0.1) is 5.92 Å². The molecular formula is C9H12BrN3O. The Morgan fingerprint density at radius 3 is 2.71 bits per heavy atom. The Morgan fingerprint density at radius 2 is 2.21 bits per heavy atom. The maximum Gasteiger partial charge on any atom is 0.240 e. The Hall–Kier alpha value is -1.10. The minimum Gasteiger partial charge on any atom is -0.282 e. The minimum atomic E-state index is -0.0604. The Balaban J connectivity index is 2.46. The summed E-state index contributed by atoms with van der Waals surface area (Å²) in [5.41, 5.74) is 5.27. The van der Waals surface area contributed by atoms with Crippen LogP contribution in [0.4, 0.5) is 5.82 Å². The molecule has 0 saturated carbocycles. The number of aromatic nitrogens is 1. The predicted molar refractivity (Wildman–Crippen MR) is 58.5 cm³/mol. The summed E-state index contributed by atoms with van der Waals surface area (Å²) in [6.45, 7) is 3.65. The van der Waals surface area contributed by atoms with Gasteiger partial charge < -0.3 is 0 Å². The zero-order valence-corrected chi connectivity index (χ0v) is 9.63. The third-order valence-electron chi connectivity index (χ3n) is 1.57. The standard InChI is InChI=1S/C9H12BrN3O/c1-6(2)9(14)13-12-8-4-3-7(10)5-11-8/h3-6H,1-2H3,(H,11,12)(H,13,14). The molecule has 0 spiro atoms. The van der Waals surface area contributed by atoms with Crippen LogP contribution in [-0.2, 0) is 4.79 Å². The molecule has 1 rings (SSSR count). The summed E-state index contributed by atoms with van der Waals surface area (Å²) < 4.78 is 0.901. The van der Waals surface area contributed by atoms with E-state index in [4.69, 9.17) is 0 Å². The van der Waals surface area contributed by atoms with Crippen molar-refractivity contribution in [2.75, 3.05) is 5.43 Å². The highest BCUT2D eigenvalue weighted by Gasteiger charge is 2.05. The SMILES string of the molecule is CC(C)C(=O)NNc1ccc(Br)cn1. The van der Waals surface area contributed by atoms with Crippen LogP contribution in [0.5, 0.6) is 0 Å². The number of halogens is 1. The van der Waals surface area contributed by atoms with E-state index < -0.39 is 0 Å². The summed E-state index contributed by atoms with van der Waals surface area (Å²) in [4.78, 5) is 15.2. The van der Waals surface area contributed by atoms with Gasteiger partial charge in [-0.05, 0) is 28.1 Å². The molecule has 0 fully saturated rings. The van der Waals surface area contributed by atoms with Crippen molar-refractivity contribution < 1.29 is 4.79 Å². The van der Waals surface area contributed by atoms with Crippen molar-refractivity contribution in [3.8, 4) is 0 Å². The summed E-state index contributed by atoms with van der Waals surface area (Å²) in [6, 6.07) is 3.61. The summed E-state index contributed by atoms with van der Waals surface area (Å²) in [7, 11) is 0. The Morgan fingerprint density at radius 1 is 1.50 bits per heavy atom. The molecule has 0 aliphatic rings. The number of nitrogens with one attached hydrogen (secondary N) is 2. The second-order valence-corrected chi connectivity index (χ2v) is 4.05. The number of hydrogen-bond donors (Lipinski definition) is 2. The van der Waals surface area contributed by atoms with Crippen molar-refractivity contribution in [3.63, 3.8) is 0 Å². The number of hydrazine groups is 1. The lowest BCUT2D eigenvalue weighted by molar-refractivity contribution is -0.123. The van der Waals surface area contributed by atoms with Gasteiger partial charge in [-0.3, -0.25) is 15.6 Å². The quantitative estimate of drug-likeness (QED) is 0.814. The molecule has 1 aromatic heterocycles. The molecule has 0 aromatic carbocycles. The second kappa shape index (κ2) is 4.95. The van der Waals surface area contributed by atoms with Crippen LogP contribution in [0.3, 0.4) is 0 Å². The molecule has 1 heterocycles. The van der Waals surface area contributed by atoms with Crippen molar-refractivity contribution >= 4 is 27.7 Å². The van der Waals surface area contributed by atoms with Gasteiger partial charge in [0.1, 0.15) is 5.82 Å². The molecule has 1 amide bonds. The van der Waals surface area contributed by atoms with Gasteiger partial charge in [-0.1, -0.05) is 13.8 Å². The third kappa shape index (κ3) is 3.33. The van der Waals surface area contributed by atoms with Gasteiger partial charge >= 0.3 is 0 Å². The lowest BCUT2D eigenvalue weighted by atomic mass is 10.2. The topological polar surface area (TPSA) is 54.0 Å². The number of anilines is 1. The fourth-order valence-electron chi connectivity index (χ4n) is 0.720. The van der Waals surface area contributed by atoms with Crippen LogP contribution in [0.15, 0.2) is 22.8 Å². The Bertz CT molecular complexity index is 310. The maximum atomic E-state index is 11.2. The molecular weight excluding hydrogens is 246 g/mol. The fourth-order valence-corrected chi connectivity index (χ4v) is 0.954. The van der Waals surface area contributed by atoms with E-state index in [1.54, 1.807) is 12.3 Å². The van der Waals surface area contributed by atoms with Crippen molar-refractivity contribution in [1.82, 2.24) is 10.4 Å². The van der Waals surface area contributed by atoms with Crippen LogP contribution in [0.1, 0.15) is 13.8 Å². The molecule has 0 radical (unpaired) electrons. The van der Waals surface area contributed by atoms with Gasteiger partial charge in [0.2, 0.25) is 5.91 Å². The van der Waals surface area contributed by atoms with Gasteiger partial charge in [0.25, 0.3) is 0 Å². The highest BCUT2D eigenvalue weighted by Crippen LogP contribution is 2.09. The van der Waals surface area contributed by atoms with Crippen LogP contribution < -0.4 is 10.9 Å². The number of rotatable bonds is 3. The van der Waals surface area contributed by atoms with E-state index in [2.05, 4.69) is 31.8 Å². The highest BCUT2D eigenvalue weighted by molar-refractivity contribution is 9.10. The lowest BCUT2D eigenvalue weighted by Crippen LogP contribution is -2.33. The van der Waals surface area contributed by atoms with E-state index >= 15 is 0 Å². The average molecular weight is 258 g/mol. The largest absolute Gasteiger partial charge is 0.282 e. The number of carbonyl (C=O) groups is 1. The van der Waals surface area contributed by atoms with Crippen molar-refractivity contribution in [2.45, 2.75) is 13.8 Å². The second-order valence-electron chi connectivity index (χ2n) is 3.13. The van der Waals surface area contributed by atoms with E-state index in [1.807, 2.05) is 19.9 Å². The number of amides is 1. The summed E-state index contributed by atoms with van der Waals surface area (Å²) in [6.07, 6.45) is 1.66. The molecule has 4 nitrogen and oxygen atoms in total. The fraction of sp³-hybridized carbons (Fsp3) is 0.333. The zero-order chi connectivity index (χ0) is 10.6. The molecule has 0 bridgehead atoms. The van der Waals surface area contributed by atoms with E-state index in [1.165, 1.54) is 0 Å². The van der Waals surface area contributed by atoms with E-state index in [-0.39, 0.29) is 11.8 Å². The smallest absolute Gasteiger partial charge is 0.240 e. The van der Waals surface area contributed by atoms with Crippen LogP contribution >= 0.6 is 15.9 Å². The molecule has 0 saturated heterocycles. The number of carbonyl (C=O) groups excluding carboxylic acids is 1. The van der Waals surface area contributed by atoms with Gasteiger partial charge in [0.05, 0.1) is 0 Å². The number of nitrogens with zero attached hydrogens (tertiary/aromatic N) is 1. The minimum absolute atomic E-state index is 0.0436. The Kier molecular flexibility index (Phi) is 3.88. The predicted octanol–water partition coefficient (Wildman–Crippen LogP) is 1.94. The summed E-state index contributed by atoms with van der Waals surface area (Å²) in [5.74, 6) is 0.509. The van der Waals surface area contributed by atoms with E-state index in [0.29, 0.717) is 5.82 Å². The molecule has 0 atom stereocenters. The first-order chi connectivity index (χ1) is 6.59. The van der Waals surface area contributed by atoms with Crippen LogP contribution in [0.25, 0.3) is 0 Å². The van der Waals surface area contributed by atoms with Gasteiger partial charge in [-0.2, -0.15) is 0 Å². The van der Waals surface area contributed by atoms with Crippen LogP contribution in [0.2, 0.25) is 0 Å². The molecule has 76 valence electrons. The van der Waals surface area contributed by atoms with Crippen molar-refractivity contribution in [3.05, 3.63) is 22.8 Å². The molecule has 2 N–H and O–H groups in total. The molecule has 0 unspecified atom stereocenters. The normalized spacial score (nSPS) is 10.0. The molecule has 14 heavy (non-hydrogen) atoms. The Labute approximate surface area is 91.2 Å². The molecule has 0 aliphatic heterocycles. The van der Waals surface area contributed by atoms with Gasteiger partial charge in [-0.15, -0.1) is 0 Å². The van der Waals surface area contributed by atoms with Crippen LogP contribution in [-0.4, -0.2) is 10.9 Å². The monoisotopic (exact) mass is 257 g/mol. The maximum absolute atomic E-state index is 11.2. The van der Waals surface area contributed by atoms with E-state index in [0.717, 1.165) is 4.47 Å².